The molecule has 4 N–H and O–H groups in total. The monoisotopic (exact) mass is 184 g/mol. The van der Waals surface area contributed by atoms with Crippen LogP contribution in [0.15, 0.2) is 17.0 Å². The van der Waals surface area contributed by atoms with Gasteiger partial charge in [-0.2, -0.15) is 0 Å². The average Bonchev–Trinajstić information content (AvgIpc) is 2.05. The van der Waals surface area contributed by atoms with E-state index in [1.807, 2.05) is 12.3 Å². The summed E-state index contributed by atoms with van der Waals surface area (Å²) in [6.07, 6.45) is 1.96. The molecule has 1 aromatic rings. The standard InChI is InChI=1S/C8H12N2OS/c1-11-7-4-8(12-2)6(10)3-5(7)9/h3-4H,9-10H2,1-2H3. The number of rotatable bonds is 2. The molecule has 0 heterocycles. The van der Waals surface area contributed by atoms with Gasteiger partial charge in [0.05, 0.1) is 12.8 Å². The summed E-state index contributed by atoms with van der Waals surface area (Å²) in [5.74, 6) is 0.675. The largest absolute Gasteiger partial charge is 0.495 e. The van der Waals surface area contributed by atoms with Crippen molar-refractivity contribution in [3.8, 4) is 5.75 Å². The molecule has 4 heteroatoms. The Hall–Kier alpha value is -1.03. The van der Waals surface area contributed by atoms with Crippen LogP contribution in [0.25, 0.3) is 0 Å². The molecule has 0 saturated carbocycles. The molecule has 0 fully saturated rings. The summed E-state index contributed by atoms with van der Waals surface area (Å²) in [7, 11) is 1.59. The summed E-state index contributed by atoms with van der Waals surface area (Å²) in [5, 5.41) is 0. The summed E-state index contributed by atoms with van der Waals surface area (Å²) < 4.78 is 5.05. The van der Waals surface area contributed by atoms with Crippen molar-refractivity contribution in [2.75, 3.05) is 24.8 Å². The van der Waals surface area contributed by atoms with Crippen LogP contribution < -0.4 is 16.2 Å². The zero-order chi connectivity index (χ0) is 9.14. The molecule has 0 aliphatic carbocycles. The lowest BCUT2D eigenvalue weighted by molar-refractivity contribution is 0.416. The van der Waals surface area contributed by atoms with Gasteiger partial charge in [-0.05, 0) is 18.4 Å². The van der Waals surface area contributed by atoms with Crippen LogP contribution in [0.2, 0.25) is 0 Å². The van der Waals surface area contributed by atoms with Gasteiger partial charge in [0.2, 0.25) is 0 Å². The van der Waals surface area contributed by atoms with E-state index >= 15 is 0 Å². The number of benzene rings is 1. The first-order chi connectivity index (χ1) is 5.69. The molecule has 12 heavy (non-hydrogen) atoms. The predicted octanol–water partition coefficient (Wildman–Crippen LogP) is 1.58. The number of thioether (sulfide) groups is 1. The predicted molar refractivity (Wildman–Crippen MR) is 53.6 cm³/mol. The minimum Gasteiger partial charge on any atom is -0.495 e. The molecule has 0 aliphatic rings. The van der Waals surface area contributed by atoms with Crippen LogP contribution in [-0.2, 0) is 0 Å². The first-order valence-corrected chi connectivity index (χ1v) is 4.68. The van der Waals surface area contributed by atoms with Gasteiger partial charge < -0.3 is 16.2 Å². The van der Waals surface area contributed by atoms with E-state index in [0.717, 1.165) is 4.90 Å². The lowest BCUT2D eigenvalue weighted by atomic mass is 10.2. The van der Waals surface area contributed by atoms with E-state index in [-0.39, 0.29) is 0 Å². The SMILES string of the molecule is COc1cc(SC)c(N)cc1N. The number of methoxy groups -OCH3 is 1. The Morgan fingerprint density at radius 3 is 2.42 bits per heavy atom. The van der Waals surface area contributed by atoms with Gasteiger partial charge in [-0.25, -0.2) is 0 Å². The highest BCUT2D eigenvalue weighted by atomic mass is 32.2. The molecule has 66 valence electrons. The number of nitrogens with two attached hydrogens (primary N) is 2. The fourth-order valence-corrected chi connectivity index (χ4v) is 1.47. The van der Waals surface area contributed by atoms with Crippen molar-refractivity contribution in [2.24, 2.45) is 0 Å². The summed E-state index contributed by atoms with van der Waals surface area (Å²) in [4.78, 5) is 0.987. The fraction of sp³-hybridized carbons (Fsp3) is 0.250. The lowest BCUT2D eigenvalue weighted by Crippen LogP contribution is -1.96. The van der Waals surface area contributed by atoms with E-state index in [4.69, 9.17) is 16.2 Å². The third-order valence-corrected chi connectivity index (χ3v) is 2.38. The van der Waals surface area contributed by atoms with Crippen molar-refractivity contribution in [2.45, 2.75) is 4.90 Å². The van der Waals surface area contributed by atoms with Crippen molar-refractivity contribution >= 4 is 23.1 Å². The van der Waals surface area contributed by atoms with Crippen LogP contribution in [0, 0.1) is 0 Å². The van der Waals surface area contributed by atoms with E-state index in [1.165, 1.54) is 0 Å². The zero-order valence-electron chi connectivity index (χ0n) is 7.13. The van der Waals surface area contributed by atoms with E-state index in [2.05, 4.69) is 0 Å². The Kier molecular flexibility index (Phi) is 2.70. The third kappa shape index (κ3) is 1.58. The number of nitrogen functional groups attached to an aromatic ring is 2. The molecular weight excluding hydrogens is 172 g/mol. The third-order valence-electron chi connectivity index (χ3n) is 1.58. The Morgan fingerprint density at radius 1 is 1.25 bits per heavy atom. The topological polar surface area (TPSA) is 61.3 Å². The number of hydrogen-bond donors (Lipinski definition) is 2. The van der Waals surface area contributed by atoms with Crippen LogP contribution in [0.1, 0.15) is 0 Å². The van der Waals surface area contributed by atoms with Gasteiger partial charge in [0.25, 0.3) is 0 Å². The number of hydrogen-bond acceptors (Lipinski definition) is 4. The second-order valence-corrected chi connectivity index (χ2v) is 3.18. The molecule has 0 bridgehead atoms. The van der Waals surface area contributed by atoms with Crippen molar-refractivity contribution in [3.05, 3.63) is 12.1 Å². The van der Waals surface area contributed by atoms with E-state index in [1.54, 1.807) is 24.9 Å². The van der Waals surface area contributed by atoms with Crippen LogP contribution >= 0.6 is 11.8 Å². The molecule has 0 unspecified atom stereocenters. The molecule has 1 rings (SSSR count). The van der Waals surface area contributed by atoms with E-state index < -0.39 is 0 Å². The van der Waals surface area contributed by atoms with Crippen LogP contribution in [0.4, 0.5) is 11.4 Å². The Labute approximate surface area is 76.1 Å². The smallest absolute Gasteiger partial charge is 0.143 e. The molecule has 0 spiro atoms. The lowest BCUT2D eigenvalue weighted by Gasteiger charge is -2.08. The first-order valence-electron chi connectivity index (χ1n) is 3.46. The van der Waals surface area contributed by atoms with Gasteiger partial charge in [0, 0.05) is 10.6 Å². The van der Waals surface area contributed by atoms with Gasteiger partial charge in [-0.1, -0.05) is 0 Å². The maximum Gasteiger partial charge on any atom is 0.143 e. The van der Waals surface area contributed by atoms with Crippen LogP contribution in [0.3, 0.4) is 0 Å². The van der Waals surface area contributed by atoms with Crippen molar-refractivity contribution in [3.63, 3.8) is 0 Å². The fourth-order valence-electron chi connectivity index (χ4n) is 0.949. The maximum atomic E-state index is 5.70. The molecule has 0 amide bonds. The molecule has 1 aromatic carbocycles. The summed E-state index contributed by atoms with van der Waals surface area (Å²) in [6.45, 7) is 0. The zero-order valence-corrected chi connectivity index (χ0v) is 7.94. The van der Waals surface area contributed by atoms with Gasteiger partial charge >= 0.3 is 0 Å². The molecular formula is C8H12N2OS. The van der Waals surface area contributed by atoms with Crippen molar-refractivity contribution in [1.29, 1.82) is 0 Å². The van der Waals surface area contributed by atoms with Crippen molar-refractivity contribution < 1.29 is 4.74 Å². The van der Waals surface area contributed by atoms with Gasteiger partial charge in [-0.15, -0.1) is 11.8 Å². The highest BCUT2D eigenvalue weighted by Gasteiger charge is 2.04. The van der Waals surface area contributed by atoms with Crippen LogP contribution in [-0.4, -0.2) is 13.4 Å². The molecule has 0 atom stereocenters. The molecule has 0 radical (unpaired) electrons. The number of anilines is 2. The van der Waals surface area contributed by atoms with E-state index in [9.17, 15) is 0 Å². The van der Waals surface area contributed by atoms with E-state index in [0.29, 0.717) is 17.1 Å². The normalized spacial score (nSPS) is 9.83. The Morgan fingerprint density at radius 2 is 1.92 bits per heavy atom. The minimum absolute atomic E-state index is 0.577. The highest BCUT2D eigenvalue weighted by Crippen LogP contribution is 2.32. The Bertz CT molecular complexity index is 263. The average molecular weight is 184 g/mol. The quantitative estimate of drug-likeness (QED) is 0.541. The molecule has 0 aromatic heterocycles. The maximum absolute atomic E-state index is 5.70. The second kappa shape index (κ2) is 3.58. The van der Waals surface area contributed by atoms with Crippen LogP contribution in [0.5, 0.6) is 5.75 Å². The summed E-state index contributed by atoms with van der Waals surface area (Å²) in [5.41, 5.74) is 12.6. The molecule has 0 aliphatic heterocycles. The van der Waals surface area contributed by atoms with Crippen molar-refractivity contribution in [1.82, 2.24) is 0 Å². The van der Waals surface area contributed by atoms with Gasteiger partial charge in [0.15, 0.2) is 0 Å². The minimum atomic E-state index is 0.577. The Balaban J connectivity index is 3.18. The molecule has 3 nitrogen and oxygen atoms in total. The summed E-state index contributed by atoms with van der Waals surface area (Å²) >= 11 is 1.57. The second-order valence-electron chi connectivity index (χ2n) is 2.34. The van der Waals surface area contributed by atoms with Gasteiger partial charge in [-0.3, -0.25) is 0 Å². The first kappa shape index (κ1) is 9.06. The number of ether oxygens (including phenoxy) is 1. The summed E-state index contributed by atoms with van der Waals surface area (Å²) in [6, 6.07) is 3.56. The van der Waals surface area contributed by atoms with Gasteiger partial charge in [0.1, 0.15) is 5.75 Å². The molecule has 0 saturated heterocycles. The highest BCUT2D eigenvalue weighted by molar-refractivity contribution is 7.98.